The fourth-order valence-electron chi connectivity index (χ4n) is 1.30. The van der Waals surface area contributed by atoms with Crippen LogP contribution in [0.5, 0.6) is 0 Å². The zero-order valence-corrected chi connectivity index (χ0v) is 8.90. The van der Waals surface area contributed by atoms with Gasteiger partial charge < -0.3 is 16.4 Å². The van der Waals surface area contributed by atoms with Gasteiger partial charge in [-0.1, -0.05) is 17.7 Å². The minimum absolute atomic E-state index is 0.312. The van der Waals surface area contributed by atoms with E-state index < -0.39 is 0 Å². The van der Waals surface area contributed by atoms with Crippen LogP contribution in [0.3, 0.4) is 0 Å². The Balaban J connectivity index is 2.48. The van der Waals surface area contributed by atoms with E-state index >= 15 is 0 Å². The molecule has 3 N–H and O–H groups in total. The topological polar surface area (TPSA) is 86.9 Å². The summed E-state index contributed by atoms with van der Waals surface area (Å²) < 4.78 is 0. The van der Waals surface area contributed by atoms with Crippen molar-refractivity contribution < 1.29 is 0 Å². The molecule has 2 aromatic rings. The van der Waals surface area contributed by atoms with Crippen LogP contribution in [0.15, 0.2) is 30.6 Å². The number of anilines is 2. The lowest BCUT2D eigenvalue weighted by atomic mass is 10.1. The number of nitrogen functional groups attached to an aromatic ring is 1. The van der Waals surface area contributed by atoms with E-state index in [1.165, 1.54) is 6.33 Å². The molecule has 0 saturated carbocycles. The van der Waals surface area contributed by atoms with Crippen molar-refractivity contribution in [3.63, 3.8) is 0 Å². The van der Waals surface area contributed by atoms with Gasteiger partial charge in [-0.25, -0.2) is 9.97 Å². The third kappa shape index (κ3) is 2.05. The van der Waals surface area contributed by atoms with Crippen molar-refractivity contribution in [2.45, 2.75) is 0 Å². The van der Waals surface area contributed by atoms with Gasteiger partial charge >= 0.3 is 0 Å². The summed E-state index contributed by atoms with van der Waals surface area (Å²) in [6.07, 6.45) is 1.36. The first-order chi connectivity index (χ1) is 7.70. The molecular weight excluding hydrogens is 228 g/mol. The maximum atomic E-state index is 10.6. The third-order valence-corrected chi connectivity index (χ3v) is 2.30. The summed E-state index contributed by atoms with van der Waals surface area (Å²) in [5.74, 6) is 0. The number of hydrogen-bond acceptors (Lipinski definition) is 5. The Labute approximate surface area is 96.9 Å². The lowest BCUT2D eigenvalue weighted by molar-refractivity contribution is 1.17. The van der Waals surface area contributed by atoms with Crippen molar-refractivity contribution >= 4 is 23.0 Å². The summed E-state index contributed by atoms with van der Waals surface area (Å²) >= 11 is 5.75. The maximum absolute atomic E-state index is 10.6. The van der Waals surface area contributed by atoms with E-state index in [0.29, 0.717) is 22.2 Å². The van der Waals surface area contributed by atoms with E-state index in [-0.39, 0.29) is 0 Å². The predicted molar refractivity (Wildman–Crippen MR) is 63.9 cm³/mol. The summed E-state index contributed by atoms with van der Waals surface area (Å²) in [5.41, 5.74) is 9.44. The number of aromatic nitrogens is 2. The Morgan fingerprint density at radius 2 is 2.06 bits per heavy atom. The van der Waals surface area contributed by atoms with Crippen LogP contribution >= 0.6 is 11.6 Å². The van der Waals surface area contributed by atoms with Crippen LogP contribution in [-0.2, 0) is 0 Å². The average molecular weight is 236 g/mol. The molecule has 0 atom stereocenters. The van der Waals surface area contributed by atoms with Crippen LogP contribution in [0.4, 0.5) is 11.4 Å². The van der Waals surface area contributed by atoms with Crippen LogP contribution < -0.4 is 11.2 Å². The highest BCUT2D eigenvalue weighted by Gasteiger charge is 2.03. The Kier molecular flexibility index (Phi) is 2.89. The van der Waals surface area contributed by atoms with Gasteiger partial charge in [0.15, 0.2) is 0 Å². The lowest BCUT2D eigenvalue weighted by Crippen LogP contribution is -1.95. The molecule has 0 aliphatic heterocycles. The van der Waals surface area contributed by atoms with Crippen LogP contribution in [0.25, 0.3) is 11.3 Å². The van der Waals surface area contributed by atoms with Crippen molar-refractivity contribution in [1.29, 1.82) is 0 Å². The van der Waals surface area contributed by atoms with E-state index in [2.05, 4.69) is 9.97 Å². The van der Waals surface area contributed by atoms with E-state index in [4.69, 9.17) is 17.3 Å². The van der Waals surface area contributed by atoms with Crippen LogP contribution in [0.2, 0.25) is 5.15 Å². The number of nitrogens with two attached hydrogens (primary N) is 1. The first-order valence-electron chi connectivity index (χ1n) is 4.46. The highest BCUT2D eigenvalue weighted by molar-refractivity contribution is 6.29. The van der Waals surface area contributed by atoms with Gasteiger partial charge in [-0.05, 0) is 12.1 Å². The first-order valence-corrected chi connectivity index (χ1v) is 4.84. The zero-order chi connectivity index (χ0) is 11.5. The Morgan fingerprint density at radius 3 is 2.75 bits per heavy atom. The normalized spacial score (nSPS) is 10.1. The molecule has 16 heavy (non-hydrogen) atoms. The average Bonchev–Trinajstić information content (AvgIpc) is 2.29. The molecule has 0 radical (unpaired) electrons. The van der Waals surface area contributed by atoms with Crippen molar-refractivity contribution in [3.8, 4) is 11.3 Å². The first kappa shape index (κ1) is 10.7. The van der Waals surface area contributed by atoms with Gasteiger partial charge in [-0.2, -0.15) is 0 Å². The van der Waals surface area contributed by atoms with Gasteiger partial charge in [0.05, 0.1) is 11.4 Å². The van der Waals surface area contributed by atoms with Gasteiger partial charge in [0.2, 0.25) is 0 Å². The summed E-state index contributed by atoms with van der Waals surface area (Å²) in [7, 11) is 0. The van der Waals surface area contributed by atoms with Crippen molar-refractivity contribution in [3.05, 3.63) is 41.0 Å². The number of benzene rings is 1. The molecule has 0 amide bonds. The fraction of sp³-hybridized carbons (Fsp3) is 0. The molecule has 0 aliphatic rings. The van der Waals surface area contributed by atoms with Gasteiger partial charge in [0, 0.05) is 17.3 Å². The molecule has 1 heterocycles. The number of halogens is 1. The summed E-state index contributed by atoms with van der Waals surface area (Å²) in [4.78, 5) is 7.83. The number of nitrogens with one attached hydrogen (secondary N) is 1. The molecule has 6 heteroatoms. The minimum atomic E-state index is 0.312. The van der Waals surface area contributed by atoms with E-state index in [0.717, 1.165) is 5.56 Å². The molecule has 2 rings (SSSR count). The number of hydrogen-bond donors (Lipinski definition) is 2. The van der Waals surface area contributed by atoms with Crippen molar-refractivity contribution in [2.24, 2.45) is 0 Å². The van der Waals surface area contributed by atoms with Gasteiger partial charge in [-0.15, -0.1) is 0 Å². The lowest BCUT2D eigenvalue weighted by Gasteiger charge is -2.13. The Hall–Kier alpha value is -1.85. The number of rotatable bonds is 2. The highest BCUT2D eigenvalue weighted by atomic mass is 35.5. The quantitative estimate of drug-likeness (QED) is 0.474. The molecule has 0 unspecified atom stereocenters. The summed E-state index contributed by atoms with van der Waals surface area (Å²) in [5, 5.41) is 11.0. The fourth-order valence-corrected chi connectivity index (χ4v) is 1.44. The molecular formula is C10H8ClN4O-. The molecule has 5 nitrogen and oxygen atoms in total. The second-order valence-electron chi connectivity index (χ2n) is 3.13. The molecule has 1 aromatic carbocycles. The predicted octanol–water partition coefficient (Wildman–Crippen LogP) is 2.29. The largest absolute Gasteiger partial charge is 0.761 e. The third-order valence-electron chi connectivity index (χ3n) is 2.09. The van der Waals surface area contributed by atoms with E-state index in [1.54, 1.807) is 29.7 Å². The zero-order valence-electron chi connectivity index (χ0n) is 8.14. The highest BCUT2D eigenvalue weighted by Crippen LogP contribution is 2.26. The van der Waals surface area contributed by atoms with Crippen LogP contribution in [0.1, 0.15) is 0 Å². The molecule has 0 fully saturated rings. The van der Waals surface area contributed by atoms with Crippen LogP contribution in [-0.4, -0.2) is 9.97 Å². The molecule has 0 aliphatic carbocycles. The second kappa shape index (κ2) is 4.34. The van der Waals surface area contributed by atoms with Crippen molar-refractivity contribution in [1.82, 2.24) is 9.97 Å². The monoisotopic (exact) mass is 235 g/mol. The minimum Gasteiger partial charge on any atom is -0.761 e. The van der Waals surface area contributed by atoms with E-state index in [1.807, 2.05) is 0 Å². The summed E-state index contributed by atoms with van der Waals surface area (Å²) in [6.45, 7) is 0. The van der Waals surface area contributed by atoms with Crippen molar-refractivity contribution in [2.75, 3.05) is 11.2 Å². The van der Waals surface area contributed by atoms with Crippen LogP contribution in [0, 0.1) is 5.21 Å². The smallest absolute Gasteiger partial charge is 0.133 e. The van der Waals surface area contributed by atoms with Gasteiger partial charge in [0.1, 0.15) is 11.5 Å². The molecule has 82 valence electrons. The SMILES string of the molecule is Nc1ccc(-c2cc(Cl)ncn2)cc1N[O-]. The number of nitrogens with zero attached hydrogens (tertiary/aromatic N) is 2. The van der Waals surface area contributed by atoms with Gasteiger partial charge in [-0.3, -0.25) is 0 Å². The molecule has 0 saturated heterocycles. The Morgan fingerprint density at radius 1 is 1.25 bits per heavy atom. The second-order valence-corrected chi connectivity index (χ2v) is 3.52. The van der Waals surface area contributed by atoms with Gasteiger partial charge in [0.25, 0.3) is 0 Å². The molecule has 1 aromatic heterocycles. The Bertz CT molecular complexity index is 518. The summed E-state index contributed by atoms with van der Waals surface area (Å²) in [6, 6.07) is 6.61. The molecule has 0 spiro atoms. The maximum Gasteiger partial charge on any atom is 0.133 e. The molecule has 0 bridgehead atoms. The standard InChI is InChI=1S/C10H8ClN4O/c11-10-4-8(13-5-14-10)6-1-2-7(12)9(3-6)15-16/h1-5,15H,12H2/q-1. The van der Waals surface area contributed by atoms with E-state index in [9.17, 15) is 5.21 Å².